The Labute approximate surface area is 134 Å². The van der Waals surface area contributed by atoms with Crippen molar-refractivity contribution in [3.63, 3.8) is 0 Å². The standard InChI is InChI=1S/C17H20N2O2S/c20-15(18-12-17(21)8-4-5-9-17)10-14-11-22-16(19-14)13-6-2-1-3-7-13/h1-3,6-7,11,21H,4-5,8-10,12H2,(H,18,20). The van der Waals surface area contributed by atoms with E-state index < -0.39 is 5.60 Å². The lowest BCUT2D eigenvalue weighted by Gasteiger charge is -2.22. The Kier molecular flexibility index (Phi) is 4.55. The van der Waals surface area contributed by atoms with Crippen molar-refractivity contribution in [3.8, 4) is 10.6 Å². The predicted octanol–water partition coefficient (Wildman–Crippen LogP) is 2.77. The summed E-state index contributed by atoms with van der Waals surface area (Å²) in [5.41, 5.74) is 1.15. The van der Waals surface area contributed by atoms with Gasteiger partial charge in [-0.1, -0.05) is 43.2 Å². The van der Waals surface area contributed by atoms with Gasteiger partial charge in [0.15, 0.2) is 0 Å². The van der Waals surface area contributed by atoms with E-state index in [1.807, 2.05) is 35.7 Å². The van der Waals surface area contributed by atoms with E-state index in [0.717, 1.165) is 41.9 Å². The van der Waals surface area contributed by atoms with Crippen LogP contribution in [0.5, 0.6) is 0 Å². The van der Waals surface area contributed by atoms with Gasteiger partial charge in [0.25, 0.3) is 0 Å². The summed E-state index contributed by atoms with van der Waals surface area (Å²) >= 11 is 1.55. The van der Waals surface area contributed by atoms with Gasteiger partial charge in [0.2, 0.25) is 5.91 Å². The molecular weight excluding hydrogens is 296 g/mol. The molecule has 0 radical (unpaired) electrons. The summed E-state index contributed by atoms with van der Waals surface area (Å²) < 4.78 is 0. The van der Waals surface area contributed by atoms with Crippen LogP contribution in [0.15, 0.2) is 35.7 Å². The zero-order valence-electron chi connectivity index (χ0n) is 12.4. The number of hydrogen-bond acceptors (Lipinski definition) is 4. The van der Waals surface area contributed by atoms with Crippen LogP contribution in [-0.2, 0) is 11.2 Å². The van der Waals surface area contributed by atoms with Crippen LogP contribution in [0.3, 0.4) is 0 Å². The highest BCUT2D eigenvalue weighted by Gasteiger charge is 2.31. The Bertz CT molecular complexity index is 633. The van der Waals surface area contributed by atoms with Gasteiger partial charge in [0, 0.05) is 17.5 Å². The van der Waals surface area contributed by atoms with E-state index in [1.165, 1.54) is 0 Å². The van der Waals surface area contributed by atoms with Crippen LogP contribution in [0.4, 0.5) is 0 Å². The van der Waals surface area contributed by atoms with Crippen molar-refractivity contribution in [3.05, 3.63) is 41.4 Å². The average Bonchev–Trinajstić information content (AvgIpc) is 3.16. The van der Waals surface area contributed by atoms with E-state index in [4.69, 9.17) is 0 Å². The lowest BCUT2D eigenvalue weighted by Crippen LogP contribution is -2.41. The molecule has 3 rings (SSSR count). The smallest absolute Gasteiger partial charge is 0.226 e. The summed E-state index contributed by atoms with van der Waals surface area (Å²) in [7, 11) is 0. The number of nitrogens with one attached hydrogen (secondary N) is 1. The number of carbonyl (C=O) groups is 1. The first-order valence-electron chi connectivity index (χ1n) is 7.64. The van der Waals surface area contributed by atoms with Crippen molar-refractivity contribution in [2.75, 3.05) is 6.54 Å². The Morgan fingerprint density at radius 3 is 2.73 bits per heavy atom. The largest absolute Gasteiger partial charge is 0.388 e. The number of amides is 1. The van der Waals surface area contributed by atoms with E-state index in [2.05, 4.69) is 10.3 Å². The second kappa shape index (κ2) is 6.58. The molecule has 1 amide bonds. The molecule has 0 atom stereocenters. The Morgan fingerprint density at radius 1 is 1.27 bits per heavy atom. The highest BCUT2D eigenvalue weighted by atomic mass is 32.1. The topological polar surface area (TPSA) is 62.2 Å². The molecule has 0 spiro atoms. The minimum atomic E-state index is -0.701. The first kappa shape index (κ1) is 15.2. The number of hydrogen-bond donors (Lipinski definition) is 2. The fourth-order valence-corrected chi connectivity index (χ4v) is 3.63. The summed E-state index contributed by atoms with van der Waals surface area (Å²) in [5, 5.41) is 15.9. The summed E-state index contributed by atoms with van der Waals surface area (Å²) in [4.78, 5) is 16.5. The summed E-state index contributed by atoms with van der Waals surface area (Å²) in [6.07, 6.45) is 3.90. The SMILES string of the molecule is O=C(Cc1csc(-c2ccccc2)n1)NCC1(O)CCCC1. The van der Waals surface area contributed by atoms with Crippen LogP contribution in [-0.4, -0.2) is 28.1 Å². The quantitative estimate of drug-likeness (QED) is 0.891. The number of thiazole rings is 1. The van der Waals surface area contributed by atoms with E-state index in [1.54, 1.807) is 11.3 Å². The maximum absolute atomic E-state index is 12.0. The number of benzene rings is 1. The van der Waals surface area contributed by atoms with E-state index in [0.29, 0.717) is 6.54 Å². The van der Waals surface area contributed by atoms with Gasteiger partial charge in [0.05, 0.1) is 17.7 Å². The minimum Gasteiger partial charge on any atom is -0.388 e. The normalized spacial score (nSPS) is 16.6. The summed E-state index contributed by atoms with van der Waals surface area (Å²) in [5.74, 6) is -0.0785. The Morgan fingerprint density at radius 2 is 2.00 bits per heavy atom. The van der Waals surface area contributed by atoms with Crippen molar-refractivity contribution in [1.82, 2.24) is 10.3 Å². The second-order valence-corrected chi connectivity index (χ2v) is 6.75. The maximum atomic E-state index is 12.0. The van der Waals surface area contributed by atoms with Crippen LogP contribution in [0.1, 0.15) is 31.4 Å². The highest BCUT2D eigenvalue weighted by molar-refractivity contribution is 7.13. The molecule has 1 aliphatic rings. The molecule has 0 bridgehead atoms. The van der Waals surface area contributed by atoms with Gasteiger partial charge < -0.3 is 10.4 Å². The van der Waals surface area contributed by atoms with E-state index >= 15 is 0 Å². The van der Waals surface area contributed by atoms with Gasteiger partial charge in [-0.05, 0) is 12.8 Å². The van der Waals surface area contributed by atoms with Gasteiger partial charge in [0.1, 0.15) is 5.01 Å². The van der Waals surface area contributed by atoms with Crippen molar-refractivity contribution in [1.29, 1.82) is 0 Å². The van der Waals surface area contributed by atoms with Gasteiger partial charge in [-0.25, -0.2) is 4.98 Å². The van der Waals surface area contributed by atoms with Gasteiger partial charge in [-0.3, -0.25) is 4.79 Å². The molecule has 2 aromatic rings. The highest BCUT2D eigenvalue weighted by Crippen LogP contribution is 2.28. The molecule has 5 heteroatoms. The second-order valence-electron chi connectivity index (χ2n) is 5.89. The van der Waals surface area contributed by atoms with Crippen LogP contribution < -0.4 is 5.32 Å². The lowest BCUT2D eigenvalue weighted by molar-refractivity contribution is -0.121. The van der Waals surface area contributed by atoms with Crippen LogP contribution >= 0.6 is 11.3 Å². The Hall–Kier alpha value is -1.72. The third kappa shape index (κ3) is 3.72. The number of aliphatic hydroxyl groups is 1. The molecule has 0 aliphatic heterocycles. The van der Waals surface area contributed by atoms with E-state index in [9.17, 15) is 9.90 Å². The molecule has 116 valence electrons. The van der Waals surface area contributed by atoms with Gasteiger partial charge in [-0.2, -0.15) is 0 Å². The molecule has 2 N–H and O–H groups in total. The first-order chi connectivity index (χ1) is 10.6. The maximum Gasteiger partial charge on any atom is 0.226 e. The minimum absolute atomic E-state index is 0.0785. The fourth-order valence-electron chi connectivity index (χ4n) is 2.80. The molecule has 1 aliphatic carbocycles. The molecule has 1 heterocycles. The van der Waals surface area contributed by atoms with Crippen molar-refractivity contribution < 1.29 is 9.90 Å². The first-order valence-corrected chi connectivity index (χ1v) is 8.52. The van der Waals surface area contributed by atoms with E-state index in [-0.39, 0.29) is 12.3 Å². The molecule has 22 heavy (non-hydrogen) atoms. The van der Waals surface area contributed by atoms with Crippen molar-refractivity contribution in [2.45, 2.75) is 37.7 Å². The third-order valence-electron chi connectivity index (χ3n) is 4.06. The van der Waals surface area contributed by atoms with Gasteiger partial charge in [-0.15, -0.1) is 11.3 Å². The van der Waals surface area contributed by atoms with Crippen LogP contribution in [0, 0.1) is 0 Å². The summed E-state index contributed by atoms with van der Waals surface area (Å²) in [6, 6.07) is 9.95. The molecule has 1 saturated carbocycles. The monoisotopic (exact) mass is 316 g/mol. The molecule has 1 aromatic heterocycles. The third-order valence-corrected chi connectivity index (χ3v) is 5.00. The molecule has 0 saturated heterocycles. The molecule has 1 aromatic carbocycles. The van der Waals surface area contributed by atoms with Crippen LogP contribution in [0.2, 0.25) is 0 Å². The number of carbonyl (C=O) groups excluding carboxylic acids is 1. The van der Waals surface area contributed by atoms with Crippen LogP contribution in [0.25, 0.3) is 10.6 Å². The van der Waals surface area contributed by atoms with Crippen molar-refractivity contribution in [2.24, 2.45) is 0 Å². The Balaban J connectivity index is 1.55. The number of aromatic nitrogens is 1. The van der Waals surface area contributed by atoms with Gasteiger partial charge >= 0.3 is 0 Å². The number of nitrogens with zero attached hydrogens (tertiary/aromatic N) is 1. The predicted molar refractivity (Wildman–Crippen MR) is 87.7 cm³/mol. The number of rotatable bonds is 5. The summed E-state index contributed by atoms with van der Waals surface area (Å²) in [6.45, 7) is 0.349. The zero-order chi connectivity index (χ0) is 15.4. The molecule has 4 nitrogen and oxygen atoms in total. The fraction of sp³-hybridized carbons (Fsp3) is 0.412. The average molecular weight is 316 g/mol. The molecule has 0 unspecified atom stereocenters. The lowest BCUT2D eigenvalue weighted by atomic mass is 10.0. The molecular formula is C17H20N2O2S. The van der Waals surface area contributed by atoms with Crippen molar-refractivity contribution >= 4 is 17.2 Å². The molecule has 1 fully saturated rings. The zero-order valence-corrected chi connectivity index (χ0v) is 13.2.